The van der Waals surface area contributed by atoms with Crippen LogP contribution >= 0.6 is 34.5 Å². The van der Waals surface area contributed by atoms with E-state index in [0.717, 1.165) is 22.9 Å². The lowest BCUT2D eigenvalue weighted by Crippen LogP contribution is -2.53. The van der Waals surface area contributed by atoms with Gasteiger partial charge in [0.15, 0.2) is 5.69 Å². The molecule has 0 saturated carbocycles. The van der Waals surface area contributed by atoms with Gasteiger partial charge in [-0.2, -0.15) is 18.3 Å². The standard InChI is InChI=1S/C25H23Cl2F3N6O6S/c1-3-41-24(39)13-7-16(36(33-13)15-6-11(26)4-5-12(15)25(28,29)30)21-22(40-2)19(20(38)17(9-37)42-21)35-8-14(32-34-35)23-31-18(27)10-43-23/h4-8,10,17,19-22,37-38H,3,9H2,1-2H3/t17?,19-,20-,21-,22?/m0/s1. The van der Waals surface area contributed by atoms with E-state index < -0.39 is 60.5 Å². The summed E-state index contributed by atoms with van der Waals surface area (Å²) in [7, 11) is 1.30. The number of benzene rings is 1. The van der Waals surface area contributed by atoms with E-state index >= 15 is 0 Å². The number of aliphatic hydroxyl groups excluding tert-OH is 2. The Kier molecular flexibility index (Phi) is 9.08. The van der Waals surface area contributed by atoms with Crippen LogP contribution in [0.1, 0.15) is 40.8 Å². The molecule has 0 amide bonds. The number of carbonyl (C=O) groups excluding carboxylic acids is 1. The average molecular weight is 663 g/mol. The molecule has 1 aliphatic rings. The quantitative estimate of drug-likeness (QED) is 0.264. The smallest absolute Gasteiger partial charge is 0.418 e. The molecule has 43 heavy (non-hydrogen) atoms. The van der Waals surface area contributed by atoms with E-state index in [1.807, 2.05) is 0 Å². The molecule has 2 unspecified atom stereocenters. The minimum atomic E-state index is -4.83. The second kappa shape index (κ2) is 12.5. The highest BCUT2D eigenvalue weighted by Gasteiger charge is 2.49. The number of ether oxygens (including phenoxy) is 3. The summed E-state index contributed by atoms with van der Waals surface area (Å²) in [4.78, 5) is 16.8. The number of halogens is 5. The normalized spacial score (nSPS) is 22.6. The Bertz CT molecular complexity index is 1610. The zero-order valence-electron chi connectivity index (χ0n) is 22.3. The van der Waals surface area contributed by atoms with Gasteiger partial charge >= 0.3 is 12.1 Å². The van der Waals surface area contributed by atoms with Gasteiger partial charge in [-0.25, -0.2) is 19.1 Å². The fourth-order valence-electron chi connectivity index (χ4n) is 4.81. The van der Waals surface area contributed by atoms with Gasteiger partial charge in [-0.1, -0.05) is 28.4 Å². The van der Waals surface area contributed by atoms with Crippen molar-refractivity contribution in [3.63, 3.8) is 0 Å². The van der Waals surface area contributed by atoms with Crippen LogP contribution in [-0.4, -0.2) is 84.6 Å². The van der Waals surface area contributed by atoms with E-state index in [4.69, 9.17) is 37.4 Å². The molecule has 0 aliphatic carbocycles. The number of aliphatic hydroxyl groups is 2. The largest absolute Gasteiger partial charge is 0.461 e. The maximum atomic E-state index is 14.1. The van der Waals surface area contributed by atoms with Crippen LogP contribution in [-0.2, 0) is 20.4 Å². The van der Waals surface area contributed by atoms with Crippen molar-refractivity contribution in [3.05, 3.63) is 63.0 Å². The summed E-state index contributed by atoms with van der Waals surface area (Å²) in [6.45, 7) is 0.855. The Balaban J connectivity index is 1.66. The molecule has 3 aromatic heterocycles. The molecule has 0 spiro atoms. The third-order valence-electron chi connectivity index (χ3n) is 6.66. The van der Waals surface area contributed by atoms with Gasteiger partial charge in [-0.05, 0) is 31.2 Å². The van der Waals surface area contributed by atoms with Crippen molar-refractivity contribution in [1.82, 2.24) is 29.8 Å². The maximum absolute atomic E-state index is 14.1. The lowest BCUT2D eigenvalue weighted by Gasteiger charge is -2.43. The van der Waals surface area contributed by atoms with Gasteiger partial charge in [0.2, 0.25) is 0 Å². The van der Waals surface area contributed by atoms with Gasteiger partial charge in [0.25, 0.3) is 0 Å². The van der Waals surface area contributed by atoms with Crippen LogP contribution in [0.4, 0.5) is 13.2 Å². The molecular weight excluding hydrogens is 640 g/mol. The van der Waals surface area contributed by atoms with Crippen LogP contribution in [0.15, 0.2) is 35.8 Å². The van der Waals surface area contributed by atoms with E-state index in [2.05, 4.69) is 20.4 Å². The highest BCUT2D eigenvalue weighted by atomic mass is 35.5. The van der Waals surface area contributed by atoms with Crippen LogP contribution in [0, 0.1) is 0 Å². The molecule has 12 nitrogen and oxygen atoms in total. The molecule has 1 aliphatic heterocycles. The zero-order valence-corrected chi connectivity index (χ0v) is 24.6. The van der Waals surface area contributed by atoms with Crippen molar-refractivity contribution in [2.45, 2.75) is 43.6 Å². The van der Waals surface area contributed by atoms with Crippen LogP contribution in [0.25, 0.3) is 16.4 Å². The monoisotopic (exact) mass is 662 g/mol. The Morgan fingerprint density at radius 3 is 2.65 bits per heavy atom. The van der Waals surface area contributed by atoms with Gasteiger partial charge in [0.1, 0.15) is 46.3 Å². The van der Waals surface area contributed by atoms with Crippen molar-refractivity contribution in [2.75, 3.05) is 20.3 Å². The van der Waals surface area contributed by atoms with Crippen molar-refractivity contribution in [3.8, 4) is 16.4 Å². The van der Waals surface area contributed by atoms with E-state index in [9.17, 15) is 28.2 Å². The van der Waals surface area contributed by atoms with Crippen LogP contribution < -0.4 is 0 Å². The fourth-order valence-corrected chi connectivity index (χ4v) is 5.87. The molecule has 230 valence electrons. The van der Waals surface area contributed by atoms with E-state index in [1.54, 1.807) is 12.3 Å². The van der Waals surface area contributed by atoms with Crippen molar-refractivity contribution >= 4 is 40.5 Å². The van der Waals surface area contributed by atoms with Gasteiger partial charge in [-0.3, -0.25) is 0 Å². The first-order valence-electron chi connectivity index (χ1n) is 12.6. The second-order valence-electron chi connectivity index (χ2n) is 9.26. The number of esters is 1. The molecular formula is C25H23Cl2F3N6O6S. The number of thiazole rings is 1. The molecule has 18 heteroatoms. The average Bonchev–Trinajstić information content (AvgIpc) is 3.72. The summed E-state index contributed by atoms with van der Waals surface area (Å²) in [6.07, 6.45) is -8.51. The molecule has 0 bridgehead atoms. The first-order valence-corrected chi connectivity index (χ1v) is 14.2. The molecule has 0 radical (unpaired) electrons. The summed E-state index contributed by atoms with van der Waals surface area (Å²) in [5.74, 6) is -0.902. The number of carbonyl (C=O) groups is 1. The predicted octanol–water partition coefficient (Wildman–Crippen LogP) is 4.14. The molecule has 5 rings (SSSR count). The topological polar surface area (TPSA) is 147 Å². The van der Waals surface area contributed by atoms with E-state index in [1.165, 1.54) is 35.4 Å². The second-order valence-corrected chi connectivity index (χ2v) is 10.9. The van der Waals surface area contributed by atoms with Gasteiger partial charge < -0.3 is 24.4 Å². The Hall–Kier alpha value is -3.12. The fraction of sp³-hybridized carbons (Fsp3) is 0.400. The number of aromatic nitrogens is 6. The van der Waals surface area contributed by atoms with Crippen LogP contribution in [0.2, 0.25) is 10.2 Å². The SMILES string of the molecule is CCOC(=O)c1cc([C@@H]2OC(CO)[C@H](O)[C@H](n3cc(-c4nc(Cl)cs4)nn3)C2OC)n(-c2cc(Cl)ccc2C(F)(F)F)n1. The highest BCUT2D eigenvalue weighted by molar-refractivity contribution is 7.13. The third kappa shape index (κ3) is 6.13. The van der Waals surface area contributed by atoms with Crippen molar-refractivity contribution < 1.29 is 42.4 Å². The number of rotatable bonds is 8. The summed E-state index contributed by atoms with van der Waals surface area (Å²) < 4.78 is 61.4. The third-order valence-corrected chi connectivity index (χ3v) is 8.08. The molecule has 5 atom stereocenters. The number of nitrogens with zero attached hydrogens (tertiary/aromatic N) is 6. The van der Waals surface area contributed by atoms with Gasteiger partial charge in [0, 0.05) is 17.5 Å². The Morgan fingerprint density at radius 2 is 2.02 bits per heavy atom. The van der Waals surface area contributed by atoms with Crippen molar-refractivity contribution in [2.24, 2.45) is 0 Å². The Morgan fingerprint density at radius 1 is 1.26 bits per heavy atom. The highest BCUT2D eigenvalue weighted by Crippen LogP contribution is 2.43. The van der Waals surface area contributed by atoms with E-state index in [0.29, 0.717) is 10.7 Å². The molecule has 1 saturated heterocycles. The minimum Gasteiger partial charge on any atom is -0.461 e. The predicted molar refractivity (Wildman–Crippen MR) is 146 cm³/mol. The molecule has 1 aromatic carbocycles. The summed E-state index contributed by atoms with van der Waals surface area (Å²) in [5.41, 5.74) is -1.68. The first kappa shape index (κ1) is 31.3. The van der Waals surface area contributed by atoms with Gasteiger partial charge in [0.05, 0.1) is 36.4 Å². The van der Waals surface area contributed by atoms with E-state index in [-0.39, 0.29) is 28.2 Å². The lowest BCUT2D eigenvalue weighted by molar-refractivity contribution is -0.216. The number of alkyl halides is 3. The Labute approximate surface area is 255 Å². The summed E-state index contributed by atoms with van der Waals surface area (Å²) in [5, 5.41) is 36.0. The molecule has 4 aromatic rings. The number of hydrogen-bond donors (Lipinski definition) is 2. The van der Waals surface area contributed by atoms with Crippen molar-refractivity contribution in [1.29, 1.82) is 0 Å². The van der Waals surface area contributed by atoms with Crippen LogP contribution in [0.3, 0.4) is 0 Å². The molecule has 2 N–H and O–H groups in total. The first-order chi connectivity index (χ1) is 20.5. The minimum absolute atomic E-state index is 0.0214. The summed E-state index contributed by atoms with van der Waals surface area (Å²) >= 11 is 13.2. The number of methoxy groups -OCH3 is 1. The summed E-state index contributed by atoms with van der Waals surface area (Å²) in [6, 6.07) is 3.01. The maximum Gasteiger partial charge on any atom is 0.418 e. The molecule has 1 fully saturated rings. The van der Waals surface area contributed by atoms with Crippen LogP contribution in [0.5, 0.6) is 0 Å². The lowest BCUT2D eigenvalue weighted by atomic mass is 9.90. The number of hydrogen-bond acceptors (Lipinski definition) is 11. The zero-order chi connectivity index (χ0) is 31.1. The van der Waals surface area contributed by atoms with Gasteiger partial charge in [-0.15, -0.1) is 16.4 Å². The molecule has 4 heterocycles.